The van der Waals surface area contributed by atoms with Gasteiger partial charge in [-0.3, -0.25) is 0 Å². The van der Waals surface area contributed by atoms with Crippen molar-refractivity contribution in [3.63, 3.8) is 0 Å². The monoisotopic (exact) mass is 468 g/mol. The summed E-state index contributed by atoms with van der Waals surface area (Å²) in [7, 11) is 0. The van der Waals surface area contributed by atoms with Gasteiger partial charge in [0.2, 0.25) is 0 Å². The minimum atomic E-state index is -0.351. The summed E-state index contributed by atoms with van der Waals surface area (Å²) in [5.74, 6) is -0.702. The molecule has 0 radical (unpaired) electrons. The van der Waals surface area contributed by atoms with Gasteiger partial charge in [0.25, 0.3) is 0 Å². The van der Waals surface area contributed by atoms with E-state index in [1.165, 1.54) is 11.1 Å². The fourth-order valence-corrected chi connectivity index (χ4v) is 3.65. The first-order chi connectivity index (χ1) is 16.7. The maximum atomic E-state index is 11.5. The topological polar surface area (TPSA) is 52.6 Å². The van der Waals surface area contributed by atoms with Crippen molar-refractivity contribution in [3.8, 4) is 22.3 Å². The third-order valence-electron chi connectivity index (χ3n) is 5.72. The Morgan fingerprint density at radius 3 is 1.51 bits per heavy atom. The predicted octanol–water partition coefficient (Wildman–Crippen LogP) is 6.65. The summed E-state index contributed by atoms with van der Waals surface area (Å²) in [6.45, 7) is 13.3. The third-order valence-corrected chi connectivity index (χ3v) is 5.72. The van der Waals surface area contributed by atoms with E-state index in [-0.39, 0.29) is 11.9 Å². The number of aryl methyl sites for hydroxylation is 1. The summed E-state index contributed by atoms with van der Waals surface area (Å²) >= 11 is 0. The van der Waals surface area contributed by atoms with Crippen molar-refractivity contribution >= 4 is 11.9 Å². The molecule has 0 amide bonds. The van der Waals surface area contributed by atoms with Crippen LogP contribution in [0.15, 0.2) is 91.0 Å². The van der Waals surface area contributed by atoms with Crippen molar-refractivity contribution in [2.45, 2.75) is 33.6 Å². The lowest BCUT2D eigenvalue weighted by Crippen LogP contribution is -2.07. The van der Waals surface area contributed by atoms with Gasteiger partial charge in [0.05, 0.1) is 13.2 Å². The number of hydrogen-bond acceptors (Lipinski definition) is 4. The fourth-order valence-electron chi connectivity index (χ4n) is 3.65. The number of carbonyl (C=O) groups excluding carboxylic acids is 2. The van der Waals surface area contributed by atoms with E-state index in [2.05, 4.69) is 86.8 Å². The molecular formula is C31H32O4. The third kappa shape index (κ3) is 7.28. The van der Waals surface area contributed by atoms with Crippen LogP contribution < -0.4 is 0 Å². The summed E-state index contributed by atoms with van der Waals surface area (Å²) in [5.41, 5.74) is 8.89. The first kappa shape index (κ1) is 25.7. The standard InChI is InChI=1S/C31H32O4/c1-21(2)30(32)34-18-16-24-6-10-26(11-7-24)28-14-15-29(23(5)20-28)27-12-8-25(9-13-27)17-19-35-31(33)22(3)4/h6-15,20H,1,3,16-19H2,2,4-5H3. The van der Waals surface area contributed by atoms with Crippen molar-refractivity contribution in [1.29, 1.82) is 0 Å². The first-order valence-electron chi connectivity index (χ1n) is 11.7. The molecule has 0 saturated heterocycles. The number of benzene rings is 3. The van der Waals surface area contributed by atoms with Gasteiger partial charge in [-0.2, -0.15) is 0 Å². The predicted molar refractivity (Wildman–Crippen MR) is 141 cm³/mol. The molecule has 0 unspecified atom stereocenters. The summed E-state index contributed by atoms with van der Waals surface area (Å²) in [6.07, 6.45) is 1.34. The van der Waals surface area contributed by atoms with Gasteiger partial charge in [0.1, 0.15) is 0 Å². The van der Waals surface area contributed by atoms with Crippen LogP contribution >= 0.6 is 0 Å². The van der Waals surface area contributed by atoms with Crippen molar-refractivity contribution in [2.24, 2.45) is 0 Å². The number of ether oxygens (including phenoxy) is 2. The van der Waals surface area contributed by atoms with Crippen molar-refractivity contribution in [3.05, 3.63) is 108 Å². The van der Waals surface area contributed by atoms with Crippen LogP contribution in [0.4, 0.5) is 0 Å². The second-order valence-corrected chi connectivity index (χ2v) is 8.76. The summed E-state index contributed by atoms with van der Waals surface area (Å²) in [6, 6.07) is 23.2. The maximum Gasteiger partial charge on any atom is 0.333 e. The average Bonchev–Trinajstić information content (AvgIpc) is 2.84. The van der Waals surface area contributed by atoms with E-state index in [9.17, 15) is 9.59 Å². The molecule has 0 aliphatic carbocycles. The molecule has 4 nitrogen and oxygen atoms in total. The van der Waals surface area contributed by atoms with Gasteiger partial charge in [-0.1, -0.05) is 79.9 Å². The Hall–Kier alpha value is -3.92. The highest BCUT2D eigenvalue weighted by Gasteiger charge is 2.07. The van der Waals surface area contributed by atoms with E-state index in [0.717, 1.165) is 27.8 Å². The van der Waals surface area contributed by atoms with Crippen molar-refractivity contribution < 1.29 is 19.1 Å². The Balaban J connectivity index is 1.61. The van der Waals surface area contributed by atoms with Crippen LogP contribution in [0.2, 0.25) is 0 Å². The van der Waals surface area contributed by atoms with Crippen LogP contribution in [-0.2, 0) is 31.9 Å². The van der Waals surface area contributed by atoms with Crippen LogP contribution in [0.25, 0.3) is 22.3 Å². The first-order valence-corrected chi connectivity index (χ1v) is 11.7. The van der Waals surface area contributed by atoms with Crippen LogP contribution in [0.5, 0.6) is 0 Å². The summed E-state index contributed by atoms with van der Waals surface area (Å²) < 4.78 is 10.4. The van der Waals surface area contributed by atoms with Gasteiger partial charge in [-0.15, -0.1) is 0 Å². The molecule has 180 valence electrons. The Labute approximate surface area is 207 Å². The highest BCUT2D eigenvalue weighted by molar-refractivity contribution is 5.87. The van der Waals surface area contributed by atoms with Gasteiger partial charge >= 0.3 is 11.9 Å². The van der Waals surface area contributed by atoms with Gasteiger partial charge in [0.15, 0.2) is 0 Å². The molecule has 0 saturated carbocycles. The fraction of sp³-hybridized carbons (Fsp3) is 0.226. The Kier molecular flexibility index (Phi) is 8.80. The minimum Gasteiger partial charge on any atom is -0.462 e. The molecule has 0 aliphatic rings. The minimum absolute atomic E-state index is 0.344. The molecule has 0 aromatic heterocycles. The van der Waals surface area contributed by atoms with Crippen LogP contribution in [0.3, 0.4) is 0 Å². The Bertz CT molecular complexity index is 1220. The van der Waals surface area contributed by atoms with Crippen molar-refractivity contribution in [2.75, 3.05) is 13.2 Å². The molecule has 0 aliphatic heterocycles. The maximum absolute atomic E-state index is 11.5. The lowest BCUT2D eigenvalue weighted by atomic mass is 9.94. The normalized spacial score (nSPS) is 10.5. The molecule has 0 atom stereocenters. The van der Waals surface area contributed by atoms with E-state index in [1.54, 1.807) is 13.8 Å². The number of hydrogen-bond donors (Lipinski definition) is 0. The zero-order valence-corrected chi connectivity index (χ0v) is 20.7. The summed E-state index contributed by atoms with van der Waals surface area (Å²) in [4.78, 5) is 23.0. The number of esters is 2. The smallest absolute Gasteiger partial charge is 0.333 e. The van der Waals surface area contributed by atoms with E-state index in [1.807, 2.05) is 0 Å². The largest absolute Gasteiger partial charge is 0.462 e. The number of rotatable bonds is 10. The lowest BCUT2D eigenvalue weighted by molar-refractivity contribution is -0.139. The molecule has 0 N–H and O–H groups in total. The van der Waals surface area contributed by atoms with Gasteiger partial charge in [-0.05, 0) is 59.7 Å². The molecule has 3 rings (SSSR count). The molecule has 35 heavy (non-hydrogen) atoms. The Morgan fingerprint density at radius 2 is 1.09 bits per heavy atom. The van der Waals surface area contributed by atoms with Crippen LogP contribution in [0.1, 0.15) is 30.5 Å². The molecule has 0 spiro atoms. The second-order valence-electron chi connectivity index (χ2n) is 8.76. The molecule has 4 heteroatoms. The molecular weight excluding hydrogens is 436 g/mol. The summed E-state index contributed by atoms with van der Waals surface area (Å²) in [5, 5.41) is 0. The van der Waals surface area contributed by atoms with E-state index >= 15 is 0 Å². The quantitative estimate of drug-likeness (QED) is 0.247. The number of carbonyl (C=O) groups is 2. The Morgan fingerprint density at radius 1 is 0.657 bits per heavy atom. The molecule has 0 bridgehead atoms. The molecule has 0 heterocycles. The second kappa shape index (κ2) is 12.0. The lowest BCUT2D eigenvalue weighted by Gasteiger charge is -2.11. The van der Waals surface area contributed by atoms with Crippen molar-refractivity contribution in [1.82, 2.24) is 0 Å². The van der Waals surface area contributed by atoms with E-state index in [0.29, 0.717) is 37.2 Å². The molecule has 3 aromatic rings. The average molecular weight is 469 g/mol. The zero-order valence-electron chi connectivity index (χ0n) is 20.7. The highest BCUT2D eigenvalue weighted by atomic mass is 16.5. The zero-order chi connectivity index (χ0) is 25.4. The SMILES string of the molecule is C=C(C)C(=O)OCCc1ccc(-c2ccc(-c3ccc(CCOC(=O)C(=C)C)cc3)c(C)c2)cc1. The highest BCUT2D eigenvalue weighted by Crippen LogP contribution is 2.29. The molecule has 0 fully saturated rings. The van der Waals surface area contributed by atoms with Gasteiger partial charge in [-0.25, -0.2) is 9.59 Å². The van der Waals surface area contributed by atoms with E-state index < -0.39 is 0 Å². The van der Waals surface area contributed by atoms with Gasteiger partial charge in [0, 0.05) is 24.0 Å². The van der Waals surface area contributed by atoms with E-state index in [4.69, 9.17) is 9.47 Å². The van der Waals surface area contributed by atoms with Crippen LogP contribution in [-0.4, -0.2) is 25.2 Å². The van der Waals surface area contributed by atoms with Gasteiger partial charge < -0.3 is 9.47 Å². The van der Waals surface area contributed by atoms with Crippen LogP contribution in [0, 0.1) is 6.92 Å². The molecule has 3 aromatic carbocycles.